The molecule has 1 aromatic heterocycles. The Bertz CT molecular complexity index is 333. The molecule has 104 valence electrons. The minimum Gasteiger partial charge on any atom is -0.316 e. The van der Waals surface area contributed by atoms with Crippen molar-refractivity contribution in [2.24, 2.45) is 5.92 Å². The fourth-order valence-corrected chi connectivity index (χ4v) is 3.83. The highest BCUT2D eigenvalue weighted by molar-refractivity contribution is 9.11. The lowest BCUT2D eigenvalue weighted by Crippen LogP contribution is -2.20. The van der Waals surface area contributed by atoms with Crippen LogP contribution in [0.5, 0.6) is 0 Å². The van der Waals surface area contributed by atoms with Crippen molar-refractivity contribution in [1.29, 1.82) is 0 Å². The highest BCUT2D eigenvalue weighted by Gasteiger charge is 2.03. The third-order valence-corrected chi connectivity index (χ3v) is 4.69. The molecule has 0 saturated carbocycles. The largest absolute Gasteiger partial charge is 0.316 e. The van der Waals surface area contributed by atoms with Gasteiger partial charge in [0.15, 0.2) is 0 Å². The highest BCUT2D eigenvalue weighted by atomic mass is 79.9. The minimum absolute atomic E-state index is 0.769. The summed E-state index contributed by atoms with van der Waals surface area (Å²) in [6.07, 6.45) is 6.60. The van der Waals surface area contributed by atoms with Crippen LogP contribution in [0.15, 0.2) is 9.85 Å². The summed E-state index contributed by atoms with van der Waals surface area (Å²) in [5, 5.41) is 3.50. The minimum atomic E-state index is 0.769. The van der Waals surface area contributed by atoms with E-state index in [1.54, 1.807) is 0 Å². The fraction of sp³-hybridized carbons (Fsp3) is 0.733. The first-order valence-electron chi connectivity index (χ1n) is 7.05. The predicted octanol–water partition coefficient (Wildman–Crippen LogP) is 5.17. The van der Waals surface area contributed by atoms with Crippen LogP contribution in [0.4, 0.5) is 0 Å². The van der Waals surface area contributed by atoms with Gasteiger partial charge in [0.05, 0.1) is 3.79 Å². The summed E-state index contributed by atoms with van der Waals surface area (Å²) in [4.78, 5) is 1.47. The monoisotopic (exact) mass is 331 g/mol. The van der Waals surface area contributed by atoms with Gasteiger partial charge < -0.3 is 5.32 Å². The van der Waals surface area contributed by atoms with Crippen LogP contribution >= 0.6 is 27.3 Å². The second-order valence-corrected chi connectivity index (χ2v) is 8.03. The second-order valence-electron chi connectivity index (χ2n) is 5.39. The van der Waals surface area contributed by atoms with E-state index in [1.165, 1.54) is 52.9 Å². The van der Waals surface area contributed by atoms with Gasteiger partial charge in [-0.2, -0.15) is 0 Å². The SMILES string of the molecule is Cc1sc(Br)cc1CCCCCCNCC(C)C. The first kappa shape index (κ1) is 16.2. The molecule has 0 radical (unpaired) electrons. The number of unbranched alkanes of at least 4 members (excludes halogenated alkanes) is 3. The molecule has 0 atom stereocenters. The molecule has 0 amide bonds. The summed E-state index contributed by atoms with van der Waals surface area (Å²) >= 11 is 5.41. The maximum Gasteiger partial charge on any atom is 0.0704 e. The van der Waals surface area contributed by atoms with Crippen LogP contribution in [0.25, 0.3) is 0 Å². The van der Waals surface area contributed by atoms with Gasteiger partial charge in [-0.3, -0.25) is 0 Å². The lowest BCUT2D eigenvalue weighted by atomic mass is 10.1. The highest BCUT2D eigenvalue weighted by Crippen LogP contribution is 2.27. The average molecular weight is 332 g/mol. The Hall–Kier alpha value is 0.140. The Morgan fingerprint density at radius 1 is 1.22 bits per heavy atom. The number of hydrogen-bond acceptors (Lipinski definition) is 2. The summed E-state index contributed by atoms with van der Waals surface area (Å²) in [7, 11) is 0. The average Bonchev–Trinajstić information content (AvgIpc) is 2.61. The quantitative estimate of drug-likeness (QED) is 0.615. The van der Waals surface area contributed by atoms with Crippen molar-refractivity contribution in [2.75, 3.05) is 13.1 Å². The van der Waals surface area contributed by atoms with E-state index in [0.717, 1.165) is 12.5 Å². The molecule has 18 heavy (non-hydrogen) atoms. The van der Waals surface area contributed by atoms with E-state index < -0.39 is 0 Å². The number of halogens is 1. The van der Waals surface area contributed by atoms with Gasteiger partial charge in [-0.1, -0.05) is 26.7 Å². The van der Waals surface area contributed by atoms with E-state index >= 15 is 0 Å². The predicted molar refractivity (Wildman–Crippen MR) is 86.6 cm³/mol. The van der Waals surface area contributed by atoms with Crippen molar-refractivity contribution in [2.45, 2.75) is 52.9 Å². The molecule has 0 aliphatic carbocycles. The van der Waals surface area contributed by atoms with E-state index in [9.17, 15) is 0 Å². The number of thiophene rings is 1. The van der Waals surface area contributed by atoms with E-state index in [-0.39, 0.29) is 0 Å². The Labute approximate surface area is 125 Å². The van der Waals surface area contributed by atoms with Gasteiger partial charge in [-0.05, 0) is 72.8 Å². The molecular formula is C15H26BrNS. The molecule has 0 spiro atoms. The van der Waals surface area contributed by atoms with Crippen molar-refractivity contribution in [3.63, 3.8) is 0 Å². The van der Waals surface area contributed by atoms with Gasteiger partial charge in [-0.15, -0.1) is 11.3 Å². The zero-order chi connectivity index (χ0) is 13.4. The normalized spacial score (nSPS) is 11.4. The van der Waals surface area contributed by atoms with Crippen LogP contribution in [0.1, 0.15) is 50.0 Å². The summed E-state index contributed by atoms with van der Waals surface area (Å²) in [6, 6.07) is 2.28. The smallest absolute Gasteiger partial charge is 0.0704 e. The first-order valence-corrected chi connectivity index (χ1v) is 8.66. The fourth-order valence-electron chi connectivity index (χ4n) is 2.04. The second kappa shape index (κ2) is 9.11. The zero-order valence-corrected chi connectivity index (χ0v) is 14.3. The van der Waals surface area contributed by atoms with Crippen molar-refractivity contribution >= 4 is 27.3 Å². The van der Waals surface area contributed by atoms with Gasteiger partial charge in [0, 0.05) is 4.88 Å². The van der Waals surface area contributed by atoms with Crippen LogP contribution in [0, 0.1) is 12.8 Å². The number of nitrogens with one attached hydrogen (secondary N) is 1. The van der Waals surface area contributed by atoms with Crippen LogP contribution < -0.4 is 5.32 Å². The molecule has 0 bridgehead atoms. The van der Waals surface area contributed by atoms with E-state index in [0.29, 0.717) is 0 Å². The third-order valence-electron chi connectivity index (χ3n) is 3.09. The van der Waals surface area contributed by atoms with Gasteiger partial charge in [0.1, 0.15) is 0 Å². The Balaban J connectivity index is 1.97. The third kappa shape index (κ3) is 6.91. The van der Waals surface area contributed by atoms with Crippen molar-refractivity contribution < 1.29 is 0 Å². The Kier molecular flexibility index (Phi) is 8.20. The van der Waals surface area contributed by atoms with Gasteiger partial charge in [0.2, 0.25) is 0 Å². The molecule has 0 aliphatic rings. The van der Waals surface area contributed by atoms with Crippen LogP contribution in [-0.4, -0.2) is 13.1 Å². The van der Waals surface area contributed by atoms with Crippen LogP contribution in [0.2, 0.25) is 0 Å². The summed E-state index contributed by atoms with van der Waals surface area (Å²) < 4.78 is 1.27. The number of hydrogen-bond donors (Lipinski definition) is 1. The number of rotatable bonds is 9. The molecular weight excluding hydrogens is 306 g/mol. The van der Waals surface area contributed by atoms with E-state index in [4.69, 9.17) is 0 Å². The molecule has 0 fully saturated rings. The Morgan fingerprint density at radius 2 is 1.94 bits per heavy atom. The molecule has 1 nitrogen and oxygen atoms in total. The molecule has 0 aliphatic heterocycles. The molecule has 0 saturated heterocycles. The standard InChI is InChI=1S/C15H26BrNS/c1-12(2)11-17-9-7-5-4-6-8-14-10-15(16)18-13(14)3/h10,12,17H,4-9,11H2,1-3H3. The summed E-state index contributed by atoms with van der Waals surface area (Å²) in [5.74, 6) is 0.769. The first-order chi connectivity index (χ1) is 8.59. The molecule has 1 aromatic rings. The topological polar surface area (TPSA) is 12.0 Å². The van der Waals surface area contributed by atoms with Crippen LogP contribution in [-0.2, 0) is 6.42 Å². The molecule has 3 heteroatoms. The molecule has 1 rings (SSSR count). The van der Waals surface area contributed by atoms with E-state index in [1.807, 2.05) is 11.3 Å². The maximum atomic E-state index is 3.56. The maximum absolute atomic E-state index is 3.56. The summed E-state index contributed by atoms with van der Waals surface area (Å²) in [5.41, 5.74) is 1.53. The van der Waals surface area contributed by atoms with Gasteiger partial charge in [0.25, 0.3) is 0 Å². The lowest BCUT2D eigenvalue weighted by molar-refractivity contribution is 0.526. The lowest BCUT2D eigenvalue weighted by Gasteiger charge is -2.07. The van der Waals surface area contributed by atoms with E-state index in [2.05, 4.69) is 48.1 Å². The molecule has 1 N–H and O–H groups in total. The van der Waals surface area contributed by atoms with Crippen molar-refractivity contribution in [3.8, 4) is 0 Å². The van der Waals surface area contributed by atoms with Gasteiger partial charge >= 0.3 is 0 Å². The van der Waals surface area contributed by atoms with Gasteiger partial charge in [-0.25, -0.2) is 0 Å². The molecule has 0 unspecified atom stereocenters. The Morgan fingerprint density at radius 3 is 2.56 bits per heavy atom. The van der Waals surface area contributed by atoms with Crippen LogP contribution in [0.3, 0.4) is 0 Å². The molecule has 1 heterocycles. The van der Waals surface area contributed by atoms with Crippen molar-refractivity contribution in [1.82, 2.24) is 5.32 Å². The zero-order valence-electron chi connectivity index (χ0n) is 11.9. The summed E-state index contributed by atoms with van der Waals surface area (Å²) in [6.45, 7) is 9.08. The number of aryl methyl sites for hydroxylation is 2. The molecule has 0 aromatic carbocycles. The van der Waals surface area contributed by atoms with Crippen molar-refractivity contribution in [3.05, 3.63) is 20.3 Å².